The van der Waals surface area contributed by atoms with E-state index in [1.54, 1.807) is 24.1 Å². The van der Waals surface area contributed by atoms with Gasteiger partial charge < -0.3 is 9.64 Å². The molecule has 4 nitrogen and oxygen atoms in total. The molecular formula is C15H20BrFN2O2. The lowest BCUT2D eigenvalue weighted by molar-refractivity contribution is 0.0753. The highest BCUT2D eigenvalue weighted by atomic mass is 79.9. The first-order valence-corrected chi connectivity index (χ1v) is 7.87. The summed E-state index contributed by atoms with van der Waals surface area (Å²) in [5.41, 5.74) is 0.128. The number of methoxy groups -OCH3 is 1. The highest BCUT2D eigenvalue weighted by Crippen LogP contribution is 2.22. The minimum Gasteiger partial charge on any atom is -0.383 e. The zero-order valence-corrected chi connectivity index (χ0v) is 13.7. The van der Waals surface area contributed by atoms with Crippen LogP contribution < -0.4 is 0 Å². The third kappa shape index (κ3) is 4.25. The topological polar surface area (TPSA) is 32.8 Å². The maximum absolute atomic E-state index is 13.9. The van der Waals surface area contributed by atoms with E-state index in [1.165, 1.54) is 6.07 Å². The smallest absolute Gasteiger partial charge is 0.258 e. The number of rotatable bonds is 4. The fraction of sp³-hybridized carbons (Fsp3) is 0.533. The molecule has 1 fully saturated rings. The molecule has 116 valence electrons. The summed E-state index contributed by atoms with van der Waals surface area (Å²) in [6, 6.07) is 4.60. The second-order valence-electron chi connectivity index (χ2n) is 5.08. The molecule has 0 N–H and O–H groups in total. The molecule has 1 saturated heterocycles. The number of carbonyl (C=O) groups excluding carboxylic acids is 1. The van der Waals surface area contributed by atoms with Crippen LogP contribution in [0.25, 0.3) is 0 Å². The van der Waals surface area contributed by atoms with Gasteiger partial charge in [0.2, 0.25) is 0 Å². The Morgan fingerprint density at radius 1 is 1.33 bits per heavy atom. The lowest BCUT2D eigenvalue weighted by Crippen LogP contribution is -2.36. The van der Waals surface area contributed by atoms with Crippen LogP contribution in [0.2, 0.25) is 0 Å². The number of ether oxygens (including phenoxy) is 1. The van der Waals surface area contributed by atoms with E-state index in [9.17, 15) is 9.18 Å². The van der Waals surface area contributed by atoms with Crippen molar-refractivity contribution in [1.82, 2.24) is 9.80 Å². The number of benzene rings is 1. The van der Waals surface area contributed by atoms with Gasteiger partial charge in [0, 0.05) is 37.8 Å². The molecule has 0 radical (unpaired) electrons. The molecular weight excluding hydrogens is 339 g/mol. The van der Waals surface area contributed by atoms with Gasteiger partial charge in [-0.1, -0.05) is 6.07 Å². The van der Waals surface area contributed by atoms with Crippen molar-refractivity contribution >= 4 is 21.8 Å². The van der Waals surface area contributed by atoms with Crippen molar-refractivity contribution in [2.75, 3.05) is 46.4 Å². The monoisotopic (exact) mass is 358 g/mol. The highest BCUT2D eigenvalue weighted by molar-refractivity contribution is 9.10. The quantitative estimate of drug-likeness (QED) is 0.828. The zero-order chi connectivity index (χ0) is 15.2. The van der Waals surface area contributed by atoms with Gasteiger partial charge in [-0.25, -0.2) is 4.39 Å². The number of amides is 1. The molecule has 0 saturated carbocycles. The Balaban J connectivity index is 2.03. The molecule has 0 aliphatic carbocycles. The molecule has 0 spiro atoms. The predicted octanol–water partition coefficient (Wildman–Crippen LogP) is 2.38. The first-order valence-electron chi connectivity index (χ1n) is 7.08. The second kappa shape index (κ2) is 7.87. The first kappa shape index (κ1) is 16.4. The fourth-order valence-electron chi connectivity index (χ4n) is 2.48. The van der Waals surface area contributed by atoms with E-state index in [0.29, 0.717) is 24.2 Å². The lowest BCUT2D eigenvalue weighted by atomic mass is 10.2. The van der Waals surface area contributed by atoms with Gasteiger partial charge in [-0.05, 0) is 41.0 Å². The van der Waals surface area contributed by atoms with E-state index < -0.39 is 5.82 Å². The Kier molecular flexibility index (Phi) is 6.14. The summed E-state index contributed by atoms with van der Waals surface area (Å²) in [6.45, 7) is 4.55. The summed E-state index contributed by atoms with van der Waals surface area (Å²) in [7, 11) is 1.68. The third-order valence-corrected chi connectivity index (χ3v) is 4.32. The van der Waals surface area contributed by atoms with Crippen molar-refractivity contribution in [1.29, 1.82) is 0 Å². The molecule has 0 atom stereocenters. The van der Waals surface area contributed by atoms with Crippen molar-refractivity contribution in [2.45, 2.75) is 6.42 Å². The Morgan fingerprint density at radius 3 is 2.86 bits per heavy atom. The van der Waals surface area contributed by atoms with Crippen LogP contribution in [0.5, 0.6) is 0 Å². The van der Waals surface area contributed by atoms with Gasteiger partial charge >= 0.3 is 0 Å². The van der Waals surface area contributed by atoms with E-state index in [0.717, 1.165) is 26.1 Å². The summed E-state index contributed by atoms with van der Waals surface area (Å²) in [5, 5.41) is 0. The van der Waals surface area contributed by atoms with Gasteiger partial charge in [-0.15, -0.1) is 0 Å². The van der Waals surface area contributed by atoms with Crippen molar-refractivity contribution in [3.8, 4) is 0 Å². The Hall–Kier alpha value is -0.980. The summed E-state index contributed by atoms with van der Waals surface area (Å²) in [6.07, 6.45) is 0.890. The molecule has 1 aliphatic heterocycles. The normalized spacial score (nSPS) is 16.8. The average molecular weight is 359 g/mol. The molecule has 2 rings (SSSR count). The fourth-order valence-corrected chi connectivity index (χ4v) is 2.99. The number of nitrogens with zero attached hydrogens (tertiary/aromatic N) is 2. The number of hydrogen-bond acceptors (Lipinski definition) is 3. The van der Waals surface area contributed by atoms with Crippen molar-refractivity contribution in [3.05, 3.63) is 34.1 Å². The van der Waals surface area contributed by atoms with Crippen LogP contribution in [0.4, 0.5) is 4.39 Å². The van der Waals surface area contributed by atoms with Gasteiger partial charge in [0.25, 0.3) is 5.91 Å². The van der Waals surface area contributed by atoms with Crippen molar-refractivity contribution < 1.29 is 13.9 Å². The van der Waals surface area contributed by atoms with Crippen LogP contribution in [-0.4, -0.2) is 62.1 Å². The maximum atomic E-state index is 13.9. The molecule has 1 aliphatic rings. The van der Waals surface area contributed by atoms with Crippen molar-refractivity contribution in [2.24, 2.45) is 0 Å². The van der Waals surface area contributed by atoms with Crippen molar-refractivity contribution in [3.63, 3.8) is 0 Å². The van der Waals surface area contributed by atoms with E-state index in [-0.39, 0.29) is 11.5 Å². The second-order valence-corrected chi connectivity index (χ2v) is 5.93. The third-order valence-electron chi connectivity index (χ3n) is 3.66. The molecule has 21 heavy (non-hydrogen) atoms. The van der Waals surface area contributed by atoms with Gasteiger partial charge in [0.15, 0.2) is 0 Å². The minimum atomic E-state index is -0.477. The Labute approximate surface area is 133 Å². The molecule has 0 bridgehead atoms. The molecule has 0 unspecified atom stereocenters. The van der Waals surface area contributed by atoms with E-state index >= 15 is 0 Å². The molecule has 1 heterocycles. The largest absolute Gasteiger partial charge is 0.383 e. The van der Waals surface area contributed by atoms with E-state index in [2.05, 4.69) is 20.8 Å². The van der Waals surface area contributed by atoms with E-state index in [4.69, 9.17) is 4.74 Å². The Morgan fingerprint density at radius 2 is 2.14 bits per heavy atom. The highest BCUT2D eigenvalue weighted by Gasteiger charge is 2.24. The van der Waals surface area contributed by atoms with Crippen LogP contribution in [0.3, 0.4) is 0 Å². The maximum Gasteiger partial charge on any atom is 0.258 e. The van der Waals surface area contributed by atoms with E-state index in [1.807, 2.05) is 0 Å². The van der Waals surface area contributed by atoms with Gasteiger partial charge in [0.1, 0.15) is 5.82 Å². The van der Waals surface area contributed by atoms with Crippen LogP contribution in [0, 0.1) is 5.82 Å². The predicted molar refractivity (Wildman–Crippen MR) is 82.9 cm³/mol. The number of carbonyl (C=O) groups is 1. The summed E-state index contributed by atoms with van der Waals surface area (Å²) in [4.78, 5) is 16.5. The van der Waals surface area contributed by atoms with Crippen LogP contribution >= 0.6 is 15.9 Å². The zero-order valence-electron chi connectivity index (χ0n) is 12.1. The van der Waals surface area contributed by atoms with Gasteiger partial charge in [0.05, 0.1) is 12.2 Å². The molecule has 1 amide bonds. The van der Waals surface area contributed by atoms with Crippen LogP contribution in [0.1, 0.15) is 16.8 Å². The van der Waals surface area contributed by atoms with Gasteiger partial charge in [-0.2, -0.15) is 0 Å². The van der Waals surface area contributed by atoms with Gasteiger partial charge in [-0.3, -0.25) is 9.69 Å². The minimum absolute atomic E-state index is 0.128. The Bertz CT molecular complexity index is 478. The standard InChI is InChI=1S/C15H20BrFN2O2/c1-21-11-10-18-6-3-7-19(9-8-18)15(20)14-12(16)4-2-5-13(14)17/h2,4-5H,3,6-11H2,1H3. The lowest BCUT2D eigenvalue weighted by Gasteiger charge is -2.22. The number of hydrogen-bond donors (Lipinski definition) is 0. The summed E-state index contributed by atoms with van der Waals surface area (Å²) in [5.74, 6) is -0.719. The SMILES string of the molecule is COCCN1CCCN(C(=O)c2c(F)cccc2Br)CC1. The average Bonchev–Trinajstić information content (AvgIpc) is 2.70. The summed E-state index contributed by atoms with van der Waals surface area (Å²) < 4.78 is 19.5. The van der Waals surface area contributed by atoms with Crippen LogP contribution in [-0.2, 0) is 4.74 Å². The molecule has 1 aromatic rings. The van der Waals surface area contributed by atoms with Crippen LogP contribution in [0.15, 0.2) is 22.7 Å². The summed E-state index contributed by atoms with van der Waals surface area (Å²) >= 11 is 3.27. The molecule has 6 heteroatoms. The molecule has 0 aromatic heterocycles. The molecule has 1 aromatic carbocycles. The number of halogens is 2. The first-order chi connectivity index (χ1) is 10.1.